The van der Waals surface area contributed by atoms with Crippen LogP contribution in [0.25, 0.3) is 90.7 Å². The summed E-state index contributed by atoms with van der Waals surface area (Å²) in [5.41, 5.74) is 10.7. The van der Waals surface area contributed by atoms with Crippen LogP contribution < -0.4 is 0 Å². The second kappa shape index (κ2) is 10.5. The highest BCUT2D eigenvalue weighted by molar-refractivity contribution is 7.26. The molecule has 0 aliphatic carbocycles. The van der Waals surface area contributed by atoms with Gasteiger partial charge in [-0.3, -0.25) is 0 Å². The molecule has 7 aromatic carbocycles. The second-order valence-electron chi connectivity index (χ2n) is 12.0. The zero-order valence-electron chi connectivity index (χ0n) is 25.2. The smallest absolute Gasteiger partial charge is 0.124 e. The fraction of sp³-hybridized carbons (Fsp3) is 0. The van der Waals surface area contributed by atoms with Crippen LogP contribution in [0.4, 0.5) is 0 Å². The van der Waals surface area contributed by atoms with Crippen LogP contribution in [0.1, 0.15) is 0 Å². The Morgan fingerprint density at radius 1 is 0.404 bits per heavy atom. The van der Waals surface area contributed by atoms with Gasteiger partial charge in [0.15, 0.2) is 0 Å². The van der Waals surface area contributed by atoms with Crippen molar-refractivity contribution in [1.82, 2.24) is 9.55 Å². The third-order valence-corrected chi connectivity index (χ3v) is 11.5. The molecule has 0 saturated carbocycles. The van der Waals surface area contributed by atoms with E-state index in [4.69, 9.17) is 4.98 Å². The number of fused-ring (bicyclic) bond motifs is 8. The molecule has 2 nitrogen and oxygen atoms in total. The maximum absolute atomic E-state index is 5.22. The third kappa shape index (κ3) is 4.26. The number of thiazole rings is 1. The van der Waals surface area contributed by atoms with Crippen molar-refractivity contribution in [3.8, 4) is 38.5 Å². The summed E-state index contributed by atoms with van der Waals surface area (Å²) in [5.74, 6) is 0. The van der Waals surface area contributed by atoms with Crippen LogP contribution >= 0.6 is 22.7 Å². The van der Waals surface area contributed by atoms with Crippen LogP contribution in [0.5, 0.6) is 0 Å². The van der Waals surface area contributed by atoms with Gasteiger partial charge >= 0.3 is 0 Å². The van der Waals surface area contributed by atoms with Gasteiger partial charge in [0.1, 0.15) is 5.01 Å². The van der Waals surface area contributed by atoms with E-state index in [0.717, 1.165) is 21.8 Å². The molecule has 3 aromatic heterocycles. The molecule has 0 saturated heterocycles. The summed E-state index contributed by atoms with van der Waals surface area (Å²) in [6.07, 6.45) is 0. The van der Waals surface area contributed by atoms with Crippen LogP contribution in [-0.2, 0) is 0 Å². The van der Waals surface area contributed by atoms with E-state index in [-0.39, 0.29) is 0 Å². The van der Waals surface area contributed by atoms with Crippen LogP contribution in [0.3, 0.4) is 0 Å². The van der Waals surface area contributed by atoms with E-state index >= 15 is 0 Å². The van der Waals surface area contributed by atoms with Crippen LogP contribution in [0.15, 0.2) is 158 Å². The number of thiophene rings is 1. The number of rotatable bonds is 4. The first-order valence-electron chi connectivity index (χ1n) is 15.8. The zero-order valence-corrected chi connectivity index (χ0v) is 26.9. The SMILES string of the molecule is c1ccc(-c2ccc3c(c2)c2cc(-c4ccccc4)ccc2n3-c2ccc(-c3nc4c(ccc5sc6ccccc6c54)s3)cc2)cc1. The molecule has 10 rings (SSSR count). The summed E-state index contributed by atoms with van der Waals surface area (Å²) in [6.45, 7) is 0. The van der Waals surface area contributed by atoms with Gasteiger partial charge in [0, 0.05) is 42.2 Å². The summed E-state index contributed by atoms with van der Waals surface area (Å²) >= 11 is 3.62. The first-order valence-corrected chi connectivity index (χ1v) is 17.4. The molecule has 0 amide bonds. The summed E-state index contributed by atoms with van der Waals surface area (Å²) in [5, 5.41) is 6.12. The molecule has 0 aliphatic heterocycles. The molecule has 0 atom stereocenters. The fourth-order valence-electron chi connectivity index (χ4n) is 7.00. The molecule has 0 N–H and O–H groups in total. The van der Waals surface area contributed by atoms with Crippen molar-refractivity contribution in [2.45, 2.75) is 0 Å². The highest BCUT2D eigenvalue weighted by Gasteiger charge is 2.17. The maximum Gasteiger partial charge on any atom is 0.124 e. The highest BCUT2D eigenvalue weighted by atomic mass is 32.1. The average molecular weight is 635 g/mol. The zero-order chi connectivity index (χ0) is 30.9. The van der Waals surface area contributed by atoms with Crippen LogP contribution in [-0.4, -0.2) is 9.55 Å². The number of nitrogens with zero attached hydrogens (tertiary/aromatic N) is 2. The fourth-order valence-corrected chi connectivity index (χ4v) is 9.09. The minimum Gasteiger partial charge on any atom is -0.309 e. The van der Waals surface area contributed by atoms with Crippen molar-refractivity contribution in [2.24, 2.45) is 0 Å². The molecule has 0 bridgehead atoms. The van der Waals surface area contributed by atoms with E-state index in [2.05, 4.69) is 162 Å². The molecule has 0 fully saturated rings. The summed E-state index contributed by atoms with van der Waals surface area (Å²) in [6, 6.07) is 57.1. The lowest BCUT2D eigenvalue weighted by atomic mass is 10.0. The normalized spacial score (nSPS) is 11.8. The Morgan fingerprint density at radius 2 is 0.979 bits per heavy atom. The number of hydrogen-bond acceptors (Lipinski definition) is 3. The molecule has 220 valence electrons. The van der Waals surface area contributed by atoms with Crippen molar-refractivity contribution in [3.63, 3.8) is 0 Å². The molecular formula is C43H26N2S2. The minimum absolute atomic E-state index is 1.05. The second-order valence-corrected chi connectivity index (χ2v) is 14.1. The standard InChI is InChI=1S/C43H26N2S2/c1-3-9-27(10-4-1)30-17-21-36-34(25-30)35-26-31(28-11-5-2-6-12-28)18-22-37(35)45(36)32-19-15-29(16-20-32)43-44-42-40(47-43)24-23-39-41(42)33-13-7-8-14-38(33)46-39/h1-26H. The Balaban J connectivity index is 1.12. The highest BCUT2D eigenvalue weighted by Crippen LogP contribution is 2.42. The van der Waals surface area contributed by atoms with Crippen LogP contribution in [0.2, 0.25) is 0 Å². The number of hydrogen-bond donors (Lipinski definition) is 0. The molecule has 0 spiro atoms. The molecule has 10 aromatic rings. The van der Waals surface area contributed by atoms with E-state index in [9.17, 15) is 0 Å². The molecule has 47 heavy (non-hydrogen) atoms. The Labute approximate surface area is 279 Å². The van der Waals surface area contributed by atoms with E-state index in [0.29, 0.717) is 0 Å². The molecule has 0 aliphatic rings. The van der Waals surface area contributed by atoms with E-state index in [1.807, 2.05) is 11.3 Å². The number of aromatic nitrogens is 2. The molecule has 0 unspecified atom stereocenters. The van der Waals surface area contributed by atoms with Gasteiger partial charge in [-0.05, 0) is 89.0 Å². The molecule has 3 heterocycles. The first kappa shape index (κ1) is 26.6. The van der Waals surface area contributed by atoms with E-state index < -0.39 is 0 Å². The number of benzene rings is 7. The summed E-state index contributed by atoms with van der Waals surface area (Å²) in [7, 11) is 0. The molecule has 0 radical (unpaired) electrons. The van der Waals surface area contributed by atoms with Crippen molar-refractivity contribution < 1.29 is 0 Å². The van der Waals surface area contributed by atoms with Gasteiger partial charge < -0.3 is 4.57 Å². The predicted octanol–water partition coefficient (Wildman–Crippen LogP) is 12.8. The van der Waals surface area contributed by atoms with Gasteiger partial charge in [0.2, 0.25) is 0 Å². The van der Waals surface area contributed by atoms with Gasteiger partial charge in [-0.15, -0.1) is 22.7 Å². The van der Waals surface area contributed by atoms with Crippen molar-refractivity contribution >= 4 is 74.9 Å². The van der Waals surface area contributed by atoms with Gasteiger partial charge in [0.25, 0.3) is 0 Å². The van der Waals surface area contributed by atoms with Crippen molar-refractivity contribution in [2.75, 3.05) is 0 Å². The van der Waals surface area contributed by atoms with Gasteiger partial charge in [-0.25, -0.2) is 4.98 Å². The predicted molar refractivity (Wildman–Crippen MR) is 203 cm³/mol. The van der Waals surface area contributed by atoms with Crippen LogP contribution in [0, 0.1) is 0 Å². The monoisotopic (exact) mass is 634 g/mol. The maximum atomic E-state index is 5.22. The Kier molecular flexibility index (Phi) is 5.95. The lowest BCUT2D eigenvalue weighted by Crippen LogP contribution is -1.94. The van der Waals surface area contributed by atoms with Gasteiger partial charge in [-0.2, -0.15) is 0 Å². The topological polar surface area (TPSA) is 17.8 Å². The largest absolute Gasteiger partial charge is 0.309 e. The van der Waals surface area contributed by atoms with Crippen molar-refractivity contribution in [3.05, 3.63) is 158 Å². The summed E-state index contributed by atoms with van der Waals surface area (Å²) in [4.78, 5) is 5.22. The molecular weight excluding hydrogens is 609 g/mol. The van der Waals surface area contributed by atoms with E-state index in [1.165, 1.54) is 68.9 Å². The minimum atomic E-state index is 1.05. The third-order valence-electron chi connectivity index (χ3n) is 9.25. The van der Waals surface area contributed by atoms with Gasteiger partial charge in [-0.1, -0.05) is 91.0 Å². The van der Waals surface area contributed by atoms with Gasteiger partial charge in [0.05, 0.1) is 21.3 Å². The first-order chi connectivity index (χ1) is 23.3. The Bertz CT molecular complexity index is 2670. The lowest BCUT2D eigenvalue weighted by Gasteiger charge is -2.09. The Hall–Kier alpha value is -5.55. The Morgan fingerprint density at radius 3 is 1.64 bits per heavy atom. The lowest BCUT2D eigenvalue weighted by molar-refractivity contribution is 1.18. The summed E-state index contributed by atoms with van der Waals surface area (Å²) < 4.78 is 6.23. The quantitative estimate of drug-likeness (QED) is 0.188. The average Bonchev–Trinajstić information content (AvgIpc) is 3.83. The van der Waals surface area contributed by atoms with Crippen molar-refractivity contribution in [1.29, 1.82) is 0 Å². The van der Waals surface area contributed by atoms with E-state index in [1.54, 1.807) is 11.3 Å². The molecule has 4 heteroatoms.